The number of nitrogens with two attached hydrogens (primary N) is 5. The highest BCUT2D eigenvalue weighted by Gasteiger charge is 2.29. The van der Waals surface area contributed by atoms with E-state index in [4.69, 9.17) is 34.1 Å². The van der Waals surface area contributed by atoms with Crippen molar-refractivity contribution in [3.8, 4) is 0 Å². The van der Waals surface area contributed by atoms with Crippen molar-refractivity contribution in [1.82, 2.24) is 10.6 Å². The molecule has 244 valence electrons. The highest BCUT2D eigenvalue weighted by atomic mass is 16.2. The van der Waals surface area contributed by atoms with Gasteiger partial charge in [-0.1, -0.05) is 78.9 Å². The van der Waals surface area contributed by atoms with Crippen LogP contribution >= 0.6 is 0 Å². The monoisotopic (exact) mass is 635 g/mol. The number of carbonyl (C=O) groups excluding carboxylic acids is 3. The van der Waals surface area contributed by atoms with Crippen LogP contribution < -0.4 is 39.3 Å². The second kappa shape index (κ2) is 15.9. The zero-order valence-corrected chi connectivity index (χ0v) is 26.0. The first-order valence-electron chi connectivity index (χ1n) is 15.2. The molecule has 4 aromatic carbocycles. The molecule has 0 aliphatic heterocycles. The molecule has 0 aliphatic rings. The minimum atomic E-state index is -1.05. The summed E-state index contributed by atoms with van der Waals surface area (Å²) in [5.74, 6) is -2.48. The lowest BCUT2D eigenvalue weighted by atomic mass is 9.89. The molecular weight excluding hydrogens is 594 g/mol. The van der Waals surface area contributed by atoms with E-state index < -0.39 is 29.8 Å². The third-order valence-corrected chi connectivity index (χ3v) is 7.85. The number of rotatable bonds is 15. The molecular formula is C35H41N9O3. The van der Waals surface area contributed by atoms with Crippen molar-refractivity contribution < 1.29 is 14.4 Å². The number of aliphatic imine (C=N–C) groups is 1. The SMILES string of the molecule is N=C(N)c1ccc(C[C@@H](C(=O)N[C@@H](Cc2ccc(N)cc2)C(=O)N[C@@H](CCCN=C(N)N)C(N)=O)c2ccc3ccccc3c2)cc1. The summed E-state index contributed by atoms with van der Waals surface area (Å²) in [6.07, 6.45) is 1.05. The van der Waals surface area contributed by atoms with E-state index in [2.05, 4.69) is 15.6 Å². The number of nitrogens with zero attached hydrogens (tertiary/aromatic N) is 1. The van der Waals surface area contributed by atoms with Crippen LogP contribution in [0.15, 0.2) is 96.0 Å². The van der Waals surface area contributed by atoms with Gasteiger partial charge in [0, 0.05) is 24.2 Å². The summed E-state index contributed by atoms with van der Waals surface area (Å²) in [5, 5.41) is 15.4. The molecule has 3 amide bonds. The van der Waals surface area contributed by atoms with Gasteiger partial charge in [-0.15, -0.1) is 0 Å². The average Bonchev–Trinajstić information content (AvgIpc) is 3.05. The highest BCUT2D eigenvalue weighted by molar-refractivity contribution is 5.95. The molecule has 0 aromatic heterocycles. The van der Waals surface area contributed by atoms with Gasteiger partial charge in [-0.05, 0) is 58.9 Å². The fraction of sp³-hybridized carbons (Fsp3) is 0.229. The molecule has 13 N–H and O–H groups in total. The molecule has 0 radical (unpaired) electrons. The summed E-state index contributed by atoms with van der Waals surface area (Å²) in [4.78, 5) is 44.1. The van der Waals surface area contributed by atoms with Crippen molar-refractivity contribution in [2.75, 3.05) is 12.3 Å². The number of amidine groups is 1. The number of hydrogen-bond donors (Lipinski definition) is 8. The Morgan fingerprint density at radius 2 is 1.34 bits per heavy atom. The molecule has 0 heterocycles. The Morgan fingerprint density at radius 3 is 1.98 bits per heavy atom. The van der Waals surface area contributed by atoms with Crippen LogP contribution in [0, 0.1) is 5.41 Å². The summed E-state index contributed by atoms with van der Waals surface area (Å²) in [7, 11) is 0. The van der Waals surface area contributed by atoms with Crippen molar-refractivity contribution in [2.24, 2.45) is 27.9 Å². The van der Waals surface area contributed by atoms with Gasteiger partial charge in [0.25, 0.3) is 0 Å². The lowest BCUT2D eigenvalue weighted by Gasteiger charge is -2.25. The number of anilines is 1. The van der Waals surface area contributed by atoms with Gasteiger partial charge in [0.1, 0.15) is 17.9 Å². The number of carbonyl (C=O) groups is 3. The lowest BCUT2D eigenvalue weighted by Crippen LogP contribution is -2.54. The first-order valence-corrected chi connectivity index (χ1v) is 15.2. The number of fused-ring (bicyclic) bond motifs is 1. The van der Waals surface area contributed by atoms with Crippen molar-refractivity contribution >= 4 is 46.0 Å². The molecule has 0 unspecified atom stereocenters. The Bertz CT molecular complexity index is 1750. The number of hydrogen-bond acceptors (Lipinski definition) is 6. The standard InChI is InChI=1S/C35H41N9O3/c36-27-15-9-22(10-16-27)19-30(34(47)43-29(32(39)45)6-3-17-42-35(40)41)44-33(46)28(18-21-7-11-24(12-8-21)31(37)38)26-14-13-23-4-1-2-5-25(23)20-26/h1-2,4-5,7-16,20,28-30H,3,6,17-19,36H2,(H3,37,38)(H2,39,45)(H,43,47)(H,44,46)(H4,40,41,42)/t28-,29+,30+/m1/s1. The summed E-state index contributed by atoms with van der Waals surface area (Å²) < 4.78 is 0. The number of primary amides is 1. The minimum absolute atomic E-state index is 0.0533. The van der Waals surface area contributed by atoms with Gasteiger partial charge in [0.15, 0.2) is 5.96 Å². The van der Waals surface area contributed by atoms with E-state index in [1.165, 1.54) is 0 Å². The summed E-state index contributed by atoms with van der Waals surface area (Å²) in [6, 6.07) is 25.8. The number of amides is 3. The zero-order valence-electron chi connectivity index (χ0n) is 26.0. The predicted molar refractivity (Wildman–Crippen MR) is 185 cm³/mol. The smallest absolute Gasteiger partial charge is 0.243 e. The first-order chi connectivity index (χ1) is 22.5. The molecule has 12 nitrogen and oxygen atoms in total. The van der Waals surface area contributed by atoms with E-state index in [-0.39, 0.29) is 37.1 Å². The van der Waals surface area contributed by atoms with E-state index in [0.717, 1.165) is 27.5 Å². The molecule has 47 heavy (non-hydrogen) atoms. The molecule has 0 aliphatic carbocycles. The second-order valence-corrected chi connectivity index (χ2v) is 11.4. The van der Waals surface area contributed by atoms with Gasteiger partial charge in [-0.2, -0.15) is 0 Å². The summed E-state index contributed by atoms with van der Waals surface area (Å²) in [5.41, 5.74) is 31.4. The molecule has 0 saturated heterocycles. The Hall–Kier alpha value is -5.91. The largest absolute Gasteiger partial charge is 0.399 e. The highest BCUT2D eigenvalue weighted by Crippen LogP contribution is 2.26. The number of benzene rings is 4. The quantitative estimate of drug-likeness (QED) is 0.0416. The Balaban J connectivity index is 1.64. The topological polar surface area (TPSA) is 242 Å². The van der Waals surface area contributed by atoms with Gasteiger partial charge in [-0.25, -0.2) is 0 Å². The van der Waals surface area contributed by atoms with E-state index in [1.807, 2.05) is 54.6 Å². The molecule has 0 saturated carbocycles. The van der Waals surface area contributed by atoms with E-state index in [0.29, 0.717) is 24.1 Å². The van der Waals surface area contributed by atoms with Crippen LogP contribution in [-0.4, -0.2) is 48.1 Å². The summed E-state index contributed by atoms with van der Waals surface area (Å²) >= 11 is 0. The van der Waals surface area contributed by atoms with Crippen LogP contribution in [0.3, 0.4) is 0 Å². The summed E-state index contributed by atoms with van der Waals surface area (Å²) in [6.45, 7) is 0.258. The molecule has 0 bridgehead atoms. The maximum absolute atomic E-state index is 14.2. The van der Waals surface area contributed by atoms with Crippen LogP contribution in [0.1, 0.15) is 41.0 Å². The first kappa shape index (κ1) is 34.0. The number of guanidine groups is 1. The Labute approximate surface area is 273 Å². The number of nitrogen functional groups attached to an aromatic ring is 2. The van der Waals surface area contributed by atoms with Gasteiger partial charge in [0.05, 0.1) is 5.92 Å². The predicted octanol–water partition coefficient (Wildman–Crippen LogP) is 1.78. The lowest BCUT2D eigenvalue weighted by molar-refractivity contribution is -0.131. The maximum atomic E-state index is 14.2. The normalized spacial score (nSPS) is 12.8. The minimum Gasteiger partial charge on any atom is -0.399 e. The molecule has 4 aromatic rings. The maximum Gasteiger partial charge on any atom is 0.243 e. The van der Waals surface area contributed by atoms with Crippen molar-refractivity contribution in [2.45, 2.75) is 43.7 Å². The van der Waals surface area contributed by atoms with E-state index in [1.54, 1.807) is 36.4 Å². The van der Waals surface area contributed by atoms with Crippen molar-refractivity contribution in [3.05, 3.63) is 113 Å². The van der Waals surface area contributed by atoms with Crippen LogP contribution in [-0.2, 0) is 27.2 Å². The molecule has 0 spiro atoms. The van der Waals surface area contributed by atoms with Crippen molar-refractivity contribution in [1.29, 1.82) is 5.41 Å². The van der Waals surface area contributed by atoms with Crippen LogP contribution in [0.4, 0.5) is 5.69 Å². The Kier molecular flexibility index (Phi) is 11.5. The molecule has 12 heteroatoms. The van der Waals surface area contributed by atoms with Crippen LogP contribution in [0.2, 0.25) is 0 Å². The molecule has 4 rings (SSSR count). The average molecular weight is 636 g/mol. The molecule has 0 fully saturated rings. The Morgan fingerprint density at radius 1 is 0.723 bits per heavy atom. The fourth-order valence-corrected chi connectivity index (χ4v) is 5.28. The van der Waals surface area contributed by atoms with E-state index in [9.17, 15) is 14.4 Å². The van der Waals surface area contributed by atoms with Crippen molar-refractivity contribution in [3.63, 3.8) is 0 Å². The van der Waals surface area contributed by atoms with Crippen LogP contribution in [0.25, 0.3) is 10.8 Å². The zero-order chi connectivity index (χ0) is 33.9. The molecule has 3 atom stereocenters. The van der Waals surface area contributed by atoms with E-state index >= 15 is 0 Å². The third kappa shape index (κ3) is 9.79. The van der Waals surface area contributed by atoms with Gasteiger partial charge in [-0.3, -0.25) is 24.8 Å². The number of nitrogens with one attached hydrogen (secondary N) is 3. The van der Waals surface area contributed by atoms with Gasteiger partial charge < -0.3 is 39.3 Å². The second-order valence-electron chi connectivity index (χ2n) is 11.4. The van der Waals surface area contributed by atoms with Gasteiger partial charge >= 0.3 is 0 Å². The van der Waals surface area contributed by atoms with Gasteiger partial charge in [0.2, 0.25) is 17.7 Å². The fourth-order valence-electron chi connectivity index (χ4n) is 5.28. The van der Waals surface area contributed by atoms with Crippen LogP contribution in [0.5, 0.6) is 0 Å². The third-order valence-electron chi connectivity index (χ3n) is 7.85.